The van der Waals surface area contributed by atoms with E-state index in [1.165, 1.54) is 0 Å². The van der Waals surface area contributed by atoms with Crippen molar-refractivity contribution in [3.05, 3.63) is 48.2 Å². The van der Waals surface area contributed by atoms with Gasteiger partial charge in [0.25, 0.3) is 5.91 Å². The number of fused-ring (bicyclic) bond motifs is 3. The maximum atomic E-state index is 13.2. The molecule has 1 saturated heterocycles. The van der Waals surface area contributed by atoms with Gasteiger partial charge in [0.15, 0.2) is 0 Å². The van der Waals surface area contributed by atoms with E-state index in [1.54, 1.807) is 17.0 Å². The fourth-order valence-corrected chi connectivity index (χ4v) is 3.87. The molecule has 2 aliphatic rings. The first-order valence-corrected chi connectivity index (χ1v) is 10.7. The number of rotatable bonds is 2. The molecule has 1 N–H and O–H groups in total. The Morgan fingerprint density at radius 1 is 0.967 bits per heavy atom. The highest BCUT2D eigenvalue weighted by Crippen LogP contribution is 2.27. The molecule has 0 atom stereocenters. The molecule has 1 fully saturated rings. The highest BCUT2D eigenvalue weighted by Gasteiger charge is 2.24. The average molecular weight is 409 g/mol. The number of nitrogens with one attached hydrogen (secondary N) is 1. The Balaban J connectivity index is 1.57. The Morgan fingerprint density at radius 3 is 2.63 bits per heavy atom. The Morgan fingerprint density at radius 2 is 1.77 bits per heavy atom. The molecule has 2 bridgehead atoms. The van der Waals surface area contributed by atoms with Crippen LogP contribution in [-0.4, -0.2) is 59.4 Å². The third-order valence-electron chi connectivity index (χ3n) is 5.52. The van der Waals surface area contributed by atoms with Crippen LogP contribution in [0.25, 0.3) is 0 Å². The summed E-state index contributed by atoms with van der Waals surface area (Å²) in [5.41, 5.74) is 1.15. The second kappa shape index (κ2) is 9.61. The van der Waals surface area contributed by atoms with Crippen molar-refractivity contribution in [2.75, 3.05) is 38.1 Å². The maximum absolute atomic E-state index is 13.2. The Hall–Kier alpha value is -3.09. The Bertz CT molecular complexity index is 896. The van der Waals surface area contributed by atoms with Gasteiger partial charge in [0.1, 0.15) is 23.8 Å². The topological polar surface area (TPSA) is 74.8 Å². The van der Waals surface area contributed by atoms with Crippen molar-refractivity contribution >= 4 is 23.3 Å². The summed E-state index contributed by atoms with van der Waals surface area (Å²) in [6, 6.07) is 13.0. The molecule has 0 saturated carbocycles. The van der Waals surface area contributed by atoms with Gasteiger partial charge in [0, 0.05) is 19.6 Å². The lowest BCUT2D eigenvalue weighted by Gasteiger charge is -2.25. The number of anilines is 2. The number of likely N-dealkylation sites (tertiary alicyclic amines) is 1. The number of hydrogen-bond acceptors (Lipinski definition) is 5. The third-order valence-corrected chi connectivity index (χ3v) is 5.52. The summed E-state index contributed by atoms with van der Waals surface area (Å²) in [5, 5.41) is 3.26. The third kappa shape index (κ3) is 4.90. The number of carbonyl (C=O) groups excluding carboxylic acids is 2. The minimum absolute atomic E-state index is 0.0218. The molecule has 0 radical (unpaired) electrons. The molecule has 30 heavy (non-hydrogen) atoms. The van der Waals surface area contributed by atoms with Crippen LogP contribution in [0.2, 0.25) is 0 Å². The highest BCUT2D eigenvalue weighted by atomic mass is 16.5. The molecule has 158 valence electrons. The number of nitrogens with zero attached hydrogens (tertiary/aromatic N) is 3. The van der Waals surface area contributed by atoms with Crippen molar-refractivity contribution in [3.63, 3.8) is 0 Å². The van der Waals surface area contributed by atoms with Gasteiger partial charge in [-0.2, -0.15) is 0 Å². The van der Waals surface area contributed by atoms with Gasteiger partial charge in [-0.3, -0.25) is 9.59 Å². The predicted octanol–water partition coefficient (Wildman–Crippen LogP) is 3.45. The van der Waals surface area contributed by atoms with Crippen LogP contribution in [0.1, 0.15) is 42.6 Å². The smallest absolute Gasteiger partial charge is 0.273 e. The number of para-hydroxylation sites is 2. The first-order chi connectivity index (χ1) is 14.7. The fourth-order valence-electron chi connectivity index (χ4n) is 3.87. The predicted molar refractivity (Wildman–Crippen MR) is 115 cm³/mol. The number of hydrogen-bond donors (Lipinski definition) is 1. The van der Waals surface area contributed by atoms with Crippen LogP contribution in [0.4, 0.5) is 11.5 Å². The minimum Gasteiger partial charge on any atom is -0.491 e. The molecule has 2 amide bonds. The van der Waals surface area contributed by atoms with Crippen LogP contribution in [0.5, 0.6) is 5.75 Å². The van der Waals surface area contributed by atoms with Crippen molar-refractivity contribution in [2.24, 2.45) is 0 Å². The Kier molecular flexibility index (Phi) is 6.47. The van der Waals surface area contributed by atoms with Crippen molar-refractivity contribution in [3.8, 4) is 5.75 Å². The summed E-state index contributed by atoms with van der Waals surface area (Å²) >= 11 is 0. The van der Waals surface area contributed by atoms with Crippen molar-refractivity contribution in [1.29, 1.82) is 0 Å². The lowest BCUT2D eigenvalue weighted by molar-refractivity contribution is -0.130. The van der Waals surface area contributed by atoms with Gasteiger partial charge in [-0.25, -0.2) is 4.98 Å². The second-order valence-corrected chi connectivity index (χ2v) is 7.75. The molecule has 0 unspecified atom stereocenters. The van der Waals surface area contributed by atoms with Gasteiger partial charge < -0.3 is 19.9 Å². The lowest BCUT2D eigenvalue weighted by Crippen LogP contribution is -2.42. The largest absolute Gasteiger partial charge is 0.491 e. The van der Waals surface area contributed by atoms with Crippen LogP contribution in [-0.2, 0) is 4.79 Å². The molecule has 4 rings (SSSR count). The minimum atomic E-state index is -0.201. The molecule has 2 aromatic rings. The van der Waals surface area contributed by atoms with Crippen molar-refractivity contribution in [2.45, 2.75) is 32.1 Å². The first kappa shape index (κ1) is 20.2. The summed E-state index contributed by atoms with van der Waals surface area (Å²) in [4.78, 5) is 33.9. The number of amides is 2. The summed E-state index contributed by atoms with van der Waals surface area (Å²) in [6.45, 7) is 2.82. The van der Waals surface area contributed by atoms with Crippen LogP contribution in [0, 0.1) is 0 Å². The van der Waals surface area contributed by atoms with Gasteiger partial charge in [0.05, 0.1) is 12.3 Å². The van der Waals surface area contributed by atoms with E-state index in [4.69, 9.17) is 4.74 Å². The first-order valence-electron chi connectivity index (χ1n) is 10.7. The zero-order chi connectivity index (χ0) is 20.8. The van der Waals surface area contributed by atoms with E-state index in [1.807, 2.05) is 35.2 Å². The van der Waals surface area contributed by atoms with Crippen LogP contribution < -0.4 is 10.1 Å². The molecular formula is C23H28N4O3. The second-order valence-electron chi connectivity index (χ2n) is 7.75. The van der Waals surface area contributed by atoms with E-state index >= 15 is 0 Å². The van der Waals surface area contributed by atoms with Gasteiger partial charge in [-0.1, -0.05) is 18.2 Å². The van der Waals surface area contributed by atoms with Gasteiger partial charge in [0.2, 0.25) is 5.91 Å². The molecule has 7 nitrogen and oxygen atoms in total. The Labute approximate surface area is 177 Å². The van der Waals surface area contributed by atoms with Crippen molar-refractivity contribution < 1.29 is 14.3 Å². The van der Waals surface area contributed by atoms with Crippen LogP contribution in [0.15, 0.2) is 42.5 Å². The maximum Gasteiger partial charge on any atom is 0.273 e. The number of pyridine rings is 1. The molecular weight excluding hydrogens is 380 g/mol. The SMILES string of the molecule is O=C(CN1CCCCCOc2ccccc2Nc2cccc(n2)C1=O)N1CCCC1. The summed E-state index contributed by atoms with van der Waals surface area (Å²) in [5.74, 6) is 1.16. The van der Waals surface area contributed by atoms with E-state index in [9.17, 15) is 9.59 Å². The van der Waals surface area contributed by atoms with Gasteiger partial charge in [-0.05, 0) is 56.4 Å². The van der Waals surface area contributed by atoms with Crippen molar-refractivity contribution in [1.82, 2.24) is 14.8 Å². The monoisotopic (exact) mass is 408 g/mol. The number of aromatic nitrogens is 1. The summed E-state index contributed by atoms with van der Waals surface area (Å²) in [6.07, 6.45) is 4.71. The molecule has 7 heteroatoms. The zero-order valence-electron chi connectivity index (χ0n) is 17.2. The molecule has 3 heterocycles. The van der Waals surface area contributed by atoms with E-state index < -0.39 is 0 Å². The average Bonchev–Trinajstić information content (AvgIpc) is 3.30. The summed E-state index contributed by atoms with van der Waals surface area (Å²) in [7, 11) is 0. The van der Waals surface area contributed by atoms with E-state index in [2.05, 4.69) is 10.3 Å². The molecule has 1 aromatic carbocycles. The molecule has 1 aromatic heterocycles. The van der Waals surface area contributed by atoms with Crippen LogP contribution in [0.3, 0.4) is 0 Å². The standard InChI is InChI=1S/C23H28N4O3/c28-22(26-13-5-6-14-26)17-27-15-4-1-7-16-30-20-11-3-2-9-18(20)24-21-12-8-10-19(25-21)23(27)29/h2-3,8-12H,1,4-7,13-17H2,(H,24,25). The zero-order valence-corrected chi connectivity index (χ0v) is 17.2. The van der Waals surface area contributed by atoms with E-state index in [-0.39, 0.29) is 18.4 Å². The van der Waals surface area contributed by atoms with E-state index in [0.717, 1.165) is 56.6 Å². The molecule has 0 aliphatic carbocycles. The highest BCUT2D eigenvalue weighted by molar-refractivity contribution is 5.95. The van der Waals surface area contributed by atoms with Crippen LogP contribution >= 0.6 is 0 Å². The summed E-state index contributed by atoms with van der Waals surface area (Å²) < 4.78 is 5.95. The quantitative estimate of drug-likeness (QED) is 0.824. The van der Waals surface area contributed by atoms with Gasteiger partial charge >= 0.3 is 0 Å². The number of benzene rings is 1. The number of ether oxygens (including phenoxy) is 1. The molecule has 0 spiro atoms. The van der Waals surface area contributed by atoms with E-state index in [0.29, 0.717) is 24.7 Å². The number of carbonyl (C=O) groups is 2. The van der Waals surface area contributed by atoms with Gasteiger partial charge in [-0.15, -0.1) is 0 Å². The lowest BCUT2D eigenvalue weighted by atomic mass is 10.2. The fraction of sp³-hybridized carbons (Fsp3) is 0.435. The normalized spacial score (nSPS) is 17.5. The molecule has 2 aliphatic heterocycles.